The summed E-state index contributed by atoms with van der Waals surface area (Å²) in [6.07, 6.45) is 0.0195. The monoisotopic (exact) mass is 757 g/mol. The van der Waals surface area contributed by atoms with Crippen molar-refractivity contribution >= 4 is 60.0 Å². The predicted molar refractivity (Wildman–Crippen MR) is 168 cm³/mol. The number of aryl methyl sites for hydroxylation is 2. The number of amides is 1. The summed E-state index contributed by atoms with van der Waals surface area (Å²) in [4.78, 5) is 71.3. The Hall–Kier alpha value is -1.26. The average molecular weight is 758 g/mol. The third-order valence-corrected chi connectivity index (χ3v) is 10.7. The molecule has 3 aromatic rings. The number of non-ortho nitro benzene ring substituents is 2. The van der Waals surface area contributed by atoms with E-state index in [4.69, 9.17) is 9.26 Å². The van der Waals surface area contributed by atoms with E-state index in [2.05, 4.69) is 10.3 Å². The molecule has 0 aliphatic carbocycles. The Morgan fingerprint density at radius 3 is 1.81 bits per heavy atom. The minimum atomic E-state index is -3.62. The first-order chi connectivity index (χ1) is 21.5. The van der Waals surface area contributed by atoms with E-state index in [1.165, 1.54) is 55.2 Å². The third kappa shape index (κ3) is 13.1. The number of aromatic nitrogens is 1. The van der Waals surface area contributed by atoms with E-state index in [9.17, 15) is 49.5 Å². The van der Waals surface area contributed by atoms with Crippen molar-refractivity contribution in [2.75, 3.05) is 24.7 Å². The van der Waals surface area contributed by atoms with Gasteiger partial charge < -0.3 is 33.7 Å². The van der Waals surface area contributed by atoms with Crippen LogP contribution in [-0.2, 0) is 13.9 Å². The fourth-order valence-corrected chi connectivity index (χ4v) is 6.87. The van der Waals surface area contributed by atoms with Gasteiger partial charge in [0.2, 0.25) is 0 Å². The van der Waals surface area contributed by atoms with Crippen LogP contribution in [0.15, 0.2) is 48.5 Å². The SMILES string of the molecule is CC=P([O-])(OCC(=O)Nc1nc([N+](=O)[O-])ccc1OCC)c1ccc([N+](=O)[O-])cc1C.CCP(=O)([O-])c1ccc([N+](=O)[O-])cc1C.[K+].[K+]. The maximum absolute atomic E-state index is 13.2. The molecule has 0 saturated heterocycles. The van der Waals surface area contributed by atoms with Crippen LogP contribution in [-0.4, -0.2) is 50.8 Å². The van der Waals surface area contributed by atoms with Gasteiger partial charge >= 0.3 is 109 Å². The molecule has 3 rings (SSSR count). The topological polar surface area (TPSA) is 253 Å². The molecule has 2 atom stereocenters. The quantitative estimate of drug-likeness (QED) is 0.0844. The minimum Gasteiger partial charge on any atom is -0.806 e. The van der Waals surface area contributed by atoms with Crippen LogP contribution in [0.3, 0.4) is 0 Å². The molecule has 1 amide bonds. The van der Waals surface area contributed by atoms with Crippen molar-refractivity contribution in [1.29, 1.82) is 0 Å². The Morgan fingerprint density at radius 2 is 1.40 bits per heavy atom. The fraction of sp³-hybridized carbons (Fsp3) is 0.296. The number of nitrogens with one attached hydrogen (secondary N) is 1. The number of nitro groups is 3. The zero-order valence-electron chi connectivity index (χ0n) is 27.4. The number of hydrogen-bond acceptors (Lipinski definition) is 13. The molecular formula is C27H31K2N5O12P2. The summed E-state index contributed by atoms with van der Waals surface area (Å²) >= 11 is 0. The predicted octanol–water partition coefficient (Wildman–Crippen LogP) is -2.89. The summed E-state index contributed by atoms with van der Waals surface area (Å²) in [5.41, 5.74) is 0.536. The molecular weight excluding hydrogens is 726 g/mol. The second-order valence-corrected chi connectivity index (χ2v) is 14.2. The summed E-state index contributed by atoms with van der Waals surface area (Å²) in [5.74, 6) is -0.0280. The van der Waals surface area contributed by atoms with E-state index < -0.39 is 47.8 Å². The van der Waals surface area contributed by atoms with Gasteiger partial charge in [0.25, 0.3) is 23.1 Å². The molecule has 0 radical (unpaired) electrons. The van der Waals surface area contributed by atoms with Gasteiger partial charge in [-0.15, -0.1) is 0 Å². The van der Waals surface area contributed by atoms with Crippen LogP contribution < -0.4 is 133 Å². The first-order valence-electron chi connectivity index (χ1n) is 13.4. The van der Waals surface area contributed by atoms with Crippen molar-refractivity contribution in [1.82, 2.24) is 4.98 Å². The molecule has 0 bridgehead atoms. The van der Waals surface area contributed by atoms with Gasteiger partial charge in [0.1, 0.15) is 6.61 Å². The van der Waals surface area contributed by atoms with Gasteiger partial charge in [-0.2, -0.15) is 0 Å². The van der Waals surface area contributed by atoms with E-state index >= 15 is 0 Å². The average Bonchev–Trinajstić information content (AvgIpc) is 3.00. The number of hydrogen-bond donors (Lipinski definition) is 1. The van der Waals surface area contributed by atoms with Crippen LogP contribution in [0.25, 0.3) is 0 Å². The maximum Gasteiger partial charge on any atom is 1.00 e. The number of nitro benzene ring substituents is 2. The molecule has 17 nitrogen and oxygen atoms in total. The van der Waals surface area contributed by atoms with Gasteiger partial charge in [-0.3, -0.25) is 30.3 Å². The molecule has 0 fully saturated rings. The summed E-state index contributed by atoms with van der Waals surface area (Å²) in [6, 6.07) is 9.99. The van der Waals surface area contributed by atoms with E-state index in [1.54, 1.807) is 27.7 Å². The minimum absolute atomic E-state index is 0. The van der Waals surface area contributed by atoms with Gasteiger partial charge in [-0.25, -0.2) is 0 Å². The van der Waals surface area contributed by atoms with E-state index in [0.717, 1.165) is 6.07 Å². The van der Waals surface area contributed by atoms with Crippen LogP contribution in [0.1, 0.15) is 31.9 Å². The number of carbonyl (C=O) groups excluding carboxylic acids is 1. The van der Waals surface area contributed by atoms with Crippen LogP contribution in [0.5, 0.6) is 5.75 Å². The summed E-state index contributed by atoms with van der Waals surface area (Å²) in [5, 5.41) is 35.0. The second kappa shape index (κ2) is 21.2. The second-order valence-electron chi connectivity index (χ2n) is 9.33. The number of pyridine rings is 1. The molecule has 21 heteroatoms. The van der Waals surface area contributed by atoms with E-state index in [-0.39, 0.29) is 149 Å². The van der Waals surface area contributed by atoms with Crippen molar-refractivity contribution in [2.45, 2.75) is 34.6 Å². The molecule has 0 aliphatic rings. The summed E-state index contributed by atoms with van der Waals surface area (Å²) < 4.78 is 22.2. The van der Waals surface area contributed by atoms with Crippen LogP contribution in [0.4, 0.5) is 23.0 Å². The molecule has 48 heavy (non-hydrogen) atoms. The number of anilines is 1. The molecule has 0 spiro atoms. The first kappa shape index (κ1) is 46.7. The van der Waals surface area contributed by atoms with Crippen molar-refractivity contribution in [3.05, 3.63) is 90.0 Å². The van der Waals surface area contributed by atoms with Crippen molar-refractivity contribution in [3.8, 4) is 5.75 Å². The zero-order chi connectivity index (χ0) is 34.8. The maximum atomic E-state index is 13.2. The number of ether oxygens (including phenoxy) is 1. The molecule has 0 saturated carbocycles. The van der Waals surface area contributed by atoms with Crippen molar-refractivity contribution < 1.29 is 146 Å². The smallest absolute Gasteiger partial charge is 0.806 e. The molecule has 2 aromatic carbocycles. The van der Waals surface area contributed by atoms with E-state index in [1.807, 2.05) is 0 Å². The molecule has 248 valence electrons. The van der Waals surface area contributed by atoms with Crippen molar-refractivity contribution in [3.63, 3.8) is 0 Å². The van der Waals surface area contributed by atoms with Crippen LogP contribution in [0.2, 0.25) is 0 Å². The Morgan fingerprint density at radius 1 is 0.875 bits per heavy atom. The van der Waals surface area contributed by atoms with Crippen molar-refractivity contribution in [2.24, 2.45) is 0 Å². The number of benzene rings is 2. The largest absolute Gasteiger partial charge is 1.00 e. The summed E-state index contributed by atoms with van der Waals surface area (Å²) in [7, 11) is -7.20. The standard InChI is InChI=1S/C18H20N4O8P.C9H12NO4P.2K/c1-4-29-14-7-9-16(22(26)27)19-18(14)20-17(23)11-30-31(28,5-2)15-8-6-13(21(24)25)10-12(15)3;1-3-15(13,14)9-5-4-8(10(11)12)6-7(9)2;;/h5-10H,4,11H2,1-3H3,(H-,19,20,23,28);4-6H,3H2,1-2H3,(H,13,14);;/q-1;;2*+1/p-1. The molecule has 2 unspecified atom stereocenters. The molecule has 1 N–H and O–H groups in total. The van der Waals surface area contributed by atoms with Crippen LogP contribution >= 0.6 is 14.7 Å². The zero-order valence-corrected chi connectivity index (χ0v) is 35.4. The Balaban J connectivity index is 0.00000110. The normalized spacial score (nSPS) is 12.6. The Labute approximate surface area is 361 Å². The van der Waals surface area contributed by atoms with E-state index in [0.29, 0.717) is 11.1 Å². The number of carbonyl (C=O) groups is 1. The number of nitrogens with zero attached hydrogens (tertiary/aromatic N) is 4. The third-order valence-electron chi connectivity index (χ3n) is 6.22. The molecule has 1 aromatic heterocycles. The van der Waals surface area contributed by atoms with Gasteiger partial charge in [0, 0.05) is 43.0 Å². The Kier molecular flexibility index (Phi) is 20.6. The van der Waals surface area contributed by atoms with Gasteiger partial charge in [0.05, 0.1) is 16.5 Å². The van der Waals surface area contributed by atoms with Gasteiger partial charge in [-0.1, -0.05) is 12.7 Å². The number of rotatable bonds is 12. The van der Waals surface area contributed by atoms with Crippen LogP contribution in [0, 0.1) is 44.2 Å². The van der Waals surface area contributed by atoms with Gasteiger partial charge in [0.15, 0.2) is 5.75 Å². The molecule has 1 heterocycles. The Bertz CT molecular complexity index is 1760. The van der Waals surface area contributed by atoms with Gasteiger partial charge in [-0.05, 0) is 85.7 Å². The summed E-state index contributed by atoms with van der Waals surface area (Å²) in [6.45, 7) is 7.40. The fourth-order valence-electron chi connectivity index (χ4n) is 3.91. The first-order valence-corrected chi connectivity index (χ1v) is 16.9. The molecule has 0 aliphatic heterocycles.